The van der Waals surface area contributed by atoms with Crippen LogP contribution in [-0.2, 0) is 32.0 Å². The lowest BCUT2D eigenvalue weighted by Crippen LogP contribution is -2.64. The van der Waals surface area contributed by atoms with Crippen molar-refractivity contribution < 1.29 is 71.9 Å². The van der Waals surface area contributed by atoms with E-state index in [2.05, 4.69) is 37.5 Å². The molecule has 0 aromatic carbocycles. The molecule has 3 fully saturated rings. The summed E-state index contributed by atoms with van der Waals surface area (Å²) in [6.45, 7) is -6.70. The zero-order valence-electron chi connectivity index (χ0n) is 20.4. The molecular weight excluding hydrogens is 625 g/mol. The number of hydrogen-bond acceptors (Lipinski definition) is 19. The summed E-state index contributed by atoms with van der Waals surface area (Å²) in [5.41, 5.74) is 11.3. The second kappa shape index (κ2) is 11.0. The highest BCUT2D eigenvalue weighted by Crippen LogP contribution is 2.68. The van der Waals surface area contributed by atoms with Gasteiger partial charge in [0.1, 0.15) is 36.5 Å². The SMILES string of the molecule is Nc1ncnc2c1NNN2[C@@H]1O[C@H](COP(=O)(S)OP(=O)(O)OC2OC3(O)C2C(O)C(O)C3[C@@H](F)CO)[C@@H](O)[C@H]1O. The average Bonchev–Trinajstić information content (AvgIpc) is 3.47. The topological polar surface area (TPSA) is 301 Å². The first-order valence-corrected chi connectivity index (χ1v) is 15.9. The van der Waals surface area contributed by atoms with Gasteiger partial charge < -0.3 is 50.7 Å². The summed E-state index contributed by atoms with van der Waals surface area (Å²) in [6.07, 6.45) is -12.7. The molecule has 1 aromatic heterocycles. The number of aliphatic hydroxyl groups excluding tert-OH is 5. The number of nitrogens with one attached hydrogen (secondary N) is 2. The summed E-state index contributed by atoms with van der Waals surface area (Å²) in [4.78, 5) is 17.9. The van der Waals surface area contributed by atoms with Crippen molar-refractivity contribution in [2.24, 2.45) is 11.8 Å². The number of aliphatic hydroxyl groups is 6. The molecule has 0 radical (unpaired) electrons. The Morgan fingerprint density at radius 1 is 1.22 bits per heavy atom. The highest BCUT2D eigenvalue weighted by molar-refractivity contribution is 8.45. The molecule has 1 aliphatic carbocycles. The summed E-state index contributed by atoms with van der Waals surface area (Å²) in [5, 5.41) is 61.9. The minimum absolute atomic E-state index is 0.0777. The molecule has 20 nitrogen and oxygen atoms in total. The number of aromatic nitrogens is 2. The van der Waals surface area contributed by atoms with Gasteiger partial charge in [-0.2, -0.15) is 4.31 Å². The number of rotatable bonds is 10. The summed E-state index contributed by atoms with van der Waals surface area (Å²) >= 11 is 3.59. The van der Waals surface area contributed by atoms with E-state index in [0.29, 0.717) is 0 Å². The number of anilines is 3. The van der Waals surface area contributed by atoms with E-state index in [0.717, 1.165) is 6.33 Å². The summed E-state index contributed by atoms with van der Waals surface area (Å²) < 4.78 is 63.8. The lowest BCUT2D eigenvalue weighted by atomic mass is 9.87. The van der Waals surface area contributed by atoms with Gasteiger partial charge in [-0.1, -0.05) is 12.2 Å². The minimum atomic E-state index is -5.41. The van der Waals surface area contributed by atoms with Gasteiger partial charge in [-0.15, -0.1) is 5.53 Å². The number of ether oxygens (including phenoxy) is 2. The number of hydrazine groups is 2. The zero-order chi connectivity index (χ0) is 30.1. The fourth-order valence-corrected chi connectivity index (χ4v) is 8.30. The fraction of sp³-hybridized carbons (Fsp3) is 0.765. The van der Waals surface area contributed by atoms with Gasteiger partial charge in [0.05, 0.1) is 37.3 Å². The maximum atomic E-state index is 14.1. The number of fused-ring (bicyclic) bond motifs is 2. The molecule has 4 heterocycles. The Labute approximate surface area is 234 Å². The number of nitrogen functional groups attached to an aromatic ring is 1. The highest BCUT2D eigenvalue weighted by Gasteiger charge is 2.74. The van der Waals surface area contributed by atoms with Gasteiger partial charge in [-0.25, -0.2) is 28.5 Å². The Kier molecular flexibility index (Phi) is 8.36. The third-order valence-electron chi connectivity index (χ3n) is 7.03. The van der Waals surface area contributed by atoms with Crippen LogP contribution in [0.2, 0.25) is 0 Å². The van der Waals surface area contributed by atoms with Crippen molar-refractivity contribution in [2.45, 2.75) is 55.0 Å². The molecule has 232 valence electrons. The first kappa shape index (κ1) is 31.1. The van der Waals surface area contributed by atoms with Gasteiger partial charge in [0.15, 0.2) is 29.9 Å². The second-order valence-electron chi connectivity index (χ2n) is 9.50. The van der Waals surface area contributed by atoms with Gasteiger partial charge in [0, 0.05) is 0 Å². The molecule has 0 bridgehead atoms. The van der Waals surface area contributed by atoms with Gasteiger partial charge in [0.2, 0.25) is 0 Å². The number of alkyl halides is 1. The maximum Gasteiger partial charge on any atom is 0.482 e. The summed E-state index contributed by atoms with van der Waals surface area (Å²) in [6, 6.07) is 0. The normalized spacial score (nSPS) is 41.6. The third-order valence-corrected chi connectivity index (χ3v) is 10.6. The van der Waals surface area contributed by atoms with Crippen molar-refractivity contribution in [2.75, 3.05) is 29.4 Å². The number of halogens is 1. The zero-order valence-corrected chi connectivity index (χ0v) is 23.1. The Bertz CT molecular complexity index is 1260. The Morgan fingerprint density at radius 3 is 2.61 bits per heavy atom. The Balaban J connectivity index is 1.17. The quantitative estimate of drug-likeness (QED) is 0.0870. The number of phosphoric ester groups is 1. The molecule has 1 saturated carbocycles. The van der Waals surface area contributed by atoms with E-state index in [-0.39, 0.29) is 17.3 Å². The van der Waals surface area contributed by atoms with Crippen LogP contribution in [0.5, 0.6) is 0 Å². The first-order valence-electron chi connectivity index (χ1n) is 11.7. The summed E-state index contributed by atoms with van der Waals surface area (Å²) in [7, 11) is -5.41. The number of nitrogens with two attached hydrogens (primary N) is 1. The van der Waals surface area contributed by atoms with Crippen molar-refractivity contribution in [3.8, 4) is 0 Å². The number of hydrogen-bond donors (Lipinski definition) is 11. The molecule has 11 N–H and O–H groups in total. The van der Waals surface area contributed by atoms with Crippen LogP contribution in [-0.4, -0.2) is 114 Å². The second-order valence-corrected chi connectivity index (χ2v) is 14.0. The van der Waals surface area contributed by atoms with E-state index in [9.17, 15) is 43.9 Å². The molecule has 24 heteroatoms. The molecule has 2 saturated heterocycles. The van der Waals surface area contributed by atoms with E-state index in [1.807, 2.05) is 0 Å². The fourth-order valence-electron chi connectivity index (χ4n) is 5.11. The van der Waals surface area contributed by atoms with Crippen molar-refractivity contribution in [1.29, 1.82) is 0 Å². The van der Waals surface area contributed by atoms with Crippen molar-refractivity contribution in [1.82, 2.24) is 15.5 Å². The molecule has 1 aromatic rings. The van der Waals surface area contributed by atoms with Crippen LogP contribution >= 0.6 is 26.9 Å². The predicted molar refractivity (Wildman–Crippen MR) is 132 cm³/mol. The molecule has 13 atom stereocenters. The maximum absolute atomic E-state index is 14.1. The molecule has 4 aliphatic rings. The van der Waals surface area contributed by atoms with E-state index in [1.54, 1.807) is 0 Å². The Morgan fingerprint density at radius 2 is 1.93 bits per heavy atom. The van der Waals surface area contributed by atoms with E-state index in [1.165, 1.54) is 5.01 Å². The van der Waals surface area contributed by atoms with Gasteiger partial charge in [0.25, 0.3) is 0 Å². The highest BCUT2D eigenvalue weighted by atomic mass is 32.7. The van der Waals surface area contributed by atoms with Crippen molar-refractivity contribution in [3.63, 3.8) is 0 Å². The molecule has 0 amide bonds. The largest absolute Gasteiger partial charge is 0.482 e. The average molecular weight is 652 g/mol. The minimum Gasteiger partial charge on any atom is -0.393 e. The number of nitrogens with zero attached hydrogens (tertiary/aromatic N) is 3. The monoisotopic (exact) mass is 652 g/mol. The third kappa shape index (κ3) is 5.46. The molecule has 0 spiro atoms. The molecular formula is C17H27FN6O14P2S. The van der Waals surface area contributed by atoms with Crippen LogP contribution in [0.3, 0.4) is 0 Å². The lowest BCUT2D eigenvalue weighted by molar-refractivity contribution is -0.426. The van der Waals surface area contributed by atoms with Crippen molar-refractivity contribution in [3.05, 3.63) is 6.33 Å². The van der Waals surface area contributed by atoms with Crippen LogP contribution in [0.15, 0.2) is 6.33 Å². The van der Waals surface area contributed by atoms with Crippen molar-refractivity contribution >= 4 is 44.2 Å². The van der Waals surface area contributed by atoms with E-state index < -0.39 is 94.7 Å². The van der Waals surface area contributed by atoms with Gasteiger partial charge in [-0.3, -0.25) is 14.5 Å². The van der Waals surface area contributed by atoms with Crippen LogP contribution in [0.4, 0.5) is 21.7 Å². The smallest absolute Gasteiger partial charge is 0.393 e. The lowest BCUT2D eigenvalue weighted by Gasteiger charge is -2.49. The van der Waals surface area contributed by atoms with Crippen LogP contribution in [0.25, 0.3) is 0 Å². The van der Waals surface area contributed by atoms with Gasteiger partial charge in [-0.05, 0) is 0 Å². The van der Waals surface area contributed by atoms with Gasteiger partial charge >= 0.3 is 14.6 Å². The van der Waals surface area contributed by atoms with E-state index >= 15 is 0 Å². The number of thiol groups is 1. The first-order chi connectivity index (χ1) is 19.1. The van der Waals surface area contributed by atoms with Crippen LogP contribution in [0.1, 0.15) is 0 Å². The van der Waals surface area contributed by atoms with Crippen LogP contribution in [0, 0.1) is 11.8 Å². The molecule has 41 heavy (non-hydrogen) atoms. The molecule has 3 aliphatic heterocycles. The standard InChI is InChI=1S/C17H27FN6O14P2S/c18-4(1-25)6-10(27)11(28)7-16(36-17(6,7)30)37-39(31,32)38-40(33,41)34-2-5-9(26)12(29)15(35-5)24-14-8(22-23-24)13(19)20-3-21-14/h3-7,9-12,15-16,22-23,25-30H,1-2H2,(H,31,32)(H,33,41)(H2,19,20,21)/t4-,5+,6?,7?,9+,10?,11?,12+,15+,16?,17?,40?/m0/s1. The summed E-state index contributed by atoms with van der Waals surface area (Å²) in [5.74, 6) is -5.78. The van der Waals surface area contributed by atoms with Crippen LogP contribution < -0.4 is 21.7 Å². The van der Waals surface area contributed by atoms with E-state index in [4.69, 9.17) is 29.4 Å². The predicted octanol–water partition coefficient (Wildman–Crippen LogP) is -3.31. The Hall–Kier alpha value is -1.30. The molecule has 5 rings (SSSR count). The molecule has 8 unspecified atom stereocenters. The number of phosphoric acid groups is 1.